The molecule has 1 amide bonds. The van der Waals surface area contributed by atoms with Gasteiger partial charge in [0.05, 0.1) is 11.6 Å². The molecule has 0 radical (unpaired) electrons. The van der Waals surface area contributed by atoms with Gasteiger partial charge in [-0.3, -0.25) is 0 Å². The molecule has 0 fully saturated rings. The van der Waals surface area contributed by atoms with Gasteiger partial charge in [-0.1, -0.05) is 6.07 Å². The summed E-state index contributed by atoms with van der Waals surface area (Å²) in [6.07, 6.45) is -0.199. The van der Waals surface area contributed by atoms with Crippen LogP contribution in [0.15, 0.2) is 42.5 Å². The number of ether oxygens (including phenoxy) is 1. The molecule has 0 atom stereocenters. The van der Waals surface area contributed by atoms with Crippen LogP contribution in [-0.4, -0.2) is 22.6 Å². The highest BCUT2D eigenvalue weighted by molar-refractivity contribution is 5.65. The van der Waals surface area contributed by atoms with E-state index in [2.05, 4.69) is 6.07 Å². The summed E-state index contributed by atoms with van der Waals surface area (Å²) in [6, 6.07) is 14.7. The lowest BCUT2D eigenvalue weighted by Gasteiger charge is -2.26. The molecule has 1 aliphatic heterocycles. The fourth-order valence-electron chi connectivity index (χ4n) is 2.49. The monoisotopic (exact) mass is 294 g/mol. The molecule has 1 N–H and O–H groups in total. The van der Waals surface area contributed by atoms with Crippen molar-refractivity contribution in [2.24, 2.45) is 0 Å². The molecule has 5 nitrogen and oxygen atoms in total. The van der Waals surface area contributed by atoms with E-state index in [4.69, 9.17) is 15.1 Å². The van der Waals surface area contributed by atoms with Crippen molar-refractivity contribution in [3.8, 4) is 17.6 Å². The lowest BCUT2D eigenvalue weighted by atomic mass is 10.00. The van der Waals surface area contributed by atoms with Crippen LogP contribution in [0.2, 0.25) is 0 Å². The third-order valence-corrected chi connectivity index (χ3v) is 3.68. The summed E-state index contributed by atoms with van der Waals surface area (Å²) >= 11 is 0. The molecule has 110 valence electrons. The molecular formula is C17H14N2O3. The van der Waals surface area contributed by atoms with Crippen molar-refractivity contribution in [3.05, 3.63) is 59.2 Å². The number of carbonyl (C=O) groups is 1. The standard InChI is InChI=1S/C17H14N2O3/c18-10-12-1-4-15(5-2-12)22-16-6-3-14-11-19(17(20)21)8-7-13(14)9-16/h1-6,9H,7-8,11H2,(H,20,21). The van der Waals surface area contributed by atoms with Gasteiger partial charge in [-0.2, -0.15) is 5.26 Å². The Labute approximate surface area is 128 Å². The second-order valence-corrected chi connectivity index (χ2v) is 5.12. The van der Waals surface area contributed by atoms with Crippen LogP contribution < -0.4 is 4.74 Å². The van der Waals surface area contributed by atoms with Gasteiger partial charge >= 0.3 is 6.09 Å². The van der Waals surface area contributed by atoms with Gasteiger partial charge in [0.1, 0.15) is 11.5 Å². The van der Waals surface area contributed by atoms with E-state index in [9.17, 15) is 4.79 Å². The largest absolute Gasteiger partial charge is 0.465 e. The fraction of sp³-hybridized carbons (Fsp3) is 0.176. The molecule has 2 aromatic rings. The molecule has 3 rings (SSSR count). The third kappa shape index (κ3) is 2.86. The molecule has 0 saturated carbocycles. The summed E-state index contributed by atoms with van der Waals surface area (Å²) in [4.78, 5) is 12.4. The molecule has 5 heteroatoms. The average Bonchev–Trinajstić information content (AvgIpc) is 2.55. The molecule has 0 saturated heterocycles. The number of nitrogens with zero attached hydrogens (tertiary/aromatic N) is 2. The molecule has 1 heterocycles. The number of nitriles is 1. The predicted molar refractivity (Wildman–Crippen MR) is 79.8 cm³/mol. The number of carboxylic acid groups (broad SMARTS) is 1. The zero-order valence-electron chi connectivity index (χ0n) is 11.8. The van der Waals surface area contributed by atoms with Crippen LogP contribution in [-0.2, 0) is 13.0 Å². The van der Waals surface area contributed by atoms with Crippen LogP contribution >= 0.6 is 0 Å². The van der Waals surface area contributed by atoms with E-state index >= 15 is 0 Å². The quantitative estimate of drug-likeness (QED) is 0.921. The summed E-state index contributed by atoms with van der Waals surface area (Å²) in [6.45, 7) is 0.921. The van der Waals surface area contributed by atoms with E-state index in [0.717, 1.165) is 11.1 Å². The minimum Gasteiger partial charge on any atom is -0.465 e. The van der Waals surface area contributed by atoms with E-state index in [-0.39, 0.29) is 0 Å². The molecule has 2 aromatic carbocycles. The Morgan fingerprint density at radius 3 is 2.55 bits per heavy atom. The maximum absolute atomic E-state index is 11.0. The van der Waals surface area contributed by atoms with Crippen LogP contribution in [0.1, 0.15) is 16.7 Å². The highest BCUT2D eigenvalue weighted by Gasteiger charge is 2.20. The summed E-state index contributed by atoms with van der Waals surface area (Å²) < 4.78 is 5.78. The van der Waals surface area contributed by atoms with Gasteiger partial charge in [0.2, 0.25) is 0 Å². The second kappa shape index (κ2) is 5.78. The lowest BCUT2D eigenvalue weighted by molar-refractivity contribution is 0.140. The molecule has 0 bridgehead atoms. The molecule has 0 aromatic heterocycles. The zero-order chi connectivity index (χ0) is 15.5. The Morgan fingerprint density at radius 1 is 1.14 bits per heavy atom. The Bertz CT molecular complexity index is 747. The minimum atomic E-state index is -0.886. The van der Waals surface area contributed by atoms with Gasteiger partial charge in [0, 0.05) is 13.1 Å². The number of rotatable bonds is 2. The van der Waals surface area contributed by atoms with Crippen molar-refractivity contribution in [1.82, 2.24) is 4.90 Å². The van der Waals surface area contributed by atoms with Crippen LogP contribution in [0.5, 0.6) is 11.5 Å². The van der Waals surface area contributed by atoms with Crippen molar-refractivity contribution in [2.45, 2.75) is 13.0 Å². The normalized spacial score (nSPS) is 13.1. The number of benzene rings is 2. The summed E-state index contributed by atoms with van der Waals surface area (Å²) in [7, 11) is 0. The molecule has 1 aliphatic rings. The Balaban J connectivity index is 1.76. The van der Waals surface area contributed by atoms with Gasteiger partial charge in [-0.15, -0.1) is 0 Å². The smallest absolute Gasteiger partial charge is 0.407 e. The first-order valence-corrected chi connectivity index (χ1v) is 6.93. The van der Waals surface area contributed by atoms with Gasteiger partial charge in [-0.05, 0) is 53.9 Å². The van der Waals surface area contributed by atoms with E-state index in [0.29, 0.717) is 36.6 Å². The van der Waals surface area contributed by atoms with Gasteiger partial charge in [0.25, 0.3) is 0 Å². The van der Waals surface area contributed by atoms with Crippen LogP contribution in [0.4, 0.5) is 4.79 Å². The Morgan fingerprint density at radius 2 is 1.86 bits per heavy atom. The summed E-state index contributed by atoms with van der Waals surface area (Å²) in [5.41, 5.74) is 2.72. The molecule has 0 spiro atoms. The first-order valence-electron chi connectivity index (χ1n) is 6.93. The molecule has 0 aliphatic carbocycles. The van der Waals surface area contributed by atoms with E-state index in [1.807, 2.05) is 18.2 Å². The predicted octanol–water partition coefficient (Wildman–Crippen LogP) is 3.39. The van der Waals surface area contributed by atoms with Crippen LogP contribution in [0.3, 0.4) is 0 Å². The average molecular weight is 294 g/mol. The van der Waals surface area contributed by atoms with Crippen molar-refractivity contribution >= 4 is 6.09 Å². The molecule has 22 heavy (non-hydrogen) atoms. The number of fused-ring (bicyclic) bond motifs is 1. The van der Waals surface area contributed by atoms with Crippen LogP contribution in [0, 0.1) is 11.3 Å². The van der Waals surface area contributed by atoms with E-state index < -0.39 is 6.09 Å². The molecular weight excluding hydrogens is 280 g/mol. The summed E-state index contributed by atoms with van der Waals surface area (Å²) in [5.74, 6) is 1.38. The van der Waals surface area contributed by atoms with Gasteiger partial charge in [0.15, 0.2) is 0 Å². The van der Waals surface area contributed by atoms with Gasteiger partial charge < -0.3 is 14.7 Å². The first kappa shape index (κ1) is 14.0. The number of amides is 1. The second-order valence-electron chi connectivity index (χ2n) is 5.12. The minimum absolute atomic E-state index is 0.418. The van der Waals surface area contributed by atoms with Crippen molar-refractivity contribution in [2.75, 3.05) is 6.54 Å². The van der Waals surface area contributed by atoms with E-state index in [1.165, 1.54) is 4.90 Å². The third-order valence-electron chi connectivity index (χ3n) is 3.68. The highest BCUT2D eigenvalue weighted by atomic mass is 16.5. The van der Waals surface area contributed by atoms with Crippen molar-refractivity contribution in [3.63, 3.8) is 0 Å². The highest BCUT2D eigenvalue weighted by Crippen LogP contribution is 2.27. The lowest BCUT2D eigenvalue weighted by Crippen LogP contribution is -2.34. The maximum atomic E-state index is 11.0. The SMILES string of the molecule is N#Cc1ccc(Oc2ccc3c(c2)CCN(C(=O)O)C3)cc1. The van der Waals surface area contributed by atoms with Crippen molar-refractivity contribution in [1.29, 1.82) is 5.26 Å². The van der Waals surface area contributed by atoms with Crippen molar-refractivity contribution < 1.29 is 14.6 Å². The first-order chi connectivity index (χ1) is 10.7. The number of hydrogen-bond acceptors (Lipinski definition) is 3. The zero-order valence-corrected chi connectivity index (χ0v) is 11.8. The van der Waals surface area contributed by atoms with E-state index in [1.54, 1.807) is 24.3 Å². The number of hydrogen-bond donors (Lipinski definition) is 1. The Kier molecular flexibility index (Phi) is 3.67. The summed E-state index contributed by atoms with van der Waals surface area (Å²) in [5, 5.41) is 17.8. The maximum Gasteiger partial charge on any atom is 0.407 e. The molecule has 0 unspecified atom stereocenters. The van der Waals surface area contributed by atoms with Gasteiger partial charge in [-0.25, -0.2) is 4.79 Å². The topological polar surface area (TPSA) is 73.6 Å². The Hall–Kier alpha value is -3.00. The fourth-order valence-corrected chi connectivity index (χ4v) is 2.49. The van der Waals surface area contributed by atoms with Crippen LogP contribution in [0.25, 0.3) is 0 Å².